The summed E-state index contributed by atoms with van der Waals surface area (Å²) < 4.78 is 0. The third kappa shape index (κ3) is 7.34. The predicted octanol–water partition coefficient (Wildman–Crippen LogP) is 0.978. The van der Waals surface area contributed by atoms with Crippen molar-refractivity contribution in [3.8, 4) is 0 Å². The van der Waals surface area contributed by atoms with Gasteiger partial charge in [-0.05, 0) is 52.4 Å². The van der Waals surface area contributed by atoms with Gasteiger partial charge in [-0.15, -0.1) is 0 Å². The lowest BCUT2D eigenvalue weighted by molar-refractivity contribution is -0.120. The van der Waals surface area contributed by atoms with Crippen molar-refractivity contribution in [1.29, 1.82) is 0 Å². The van der Waals surface area contributed by atoms with Crippen LogP contribution in [0.15, 0.2) is 0 Å². The molecule has 0 saturated carbocycles. The van der Waals surface area contributed by atoms with Crippen molar-refractivity contribution in [1.82, 2.24) is 15.5 Å². The Bertz CT molecular complexity index is 203. The zero-order chi connectivity index (χ0) is 12.3. The van der Waals surface area contributed by atoms with Crippen LogP contribution in [0.2, 0.25) is 0 Å². The highest BCUT2D eigenvalue weighted by Crippen LogP contribution is 2.09. The number of carbonyl (C=O) groups is 1. The first-order valence-electron chi connectivity index (χ1n) is 6.96. The summed E-state index contributed by atoms with van der Waals surface area (Å²) in [6, 6.07) is 0. The topological polar surface area (TPSA) is 44.4 Å². The fraction of sp³-hybridized carbons (Fsp3) is 0.923. The second-order valence-corrected chi connectivity index (χ2v) is 4.84. The van der Waals surface area contributed by atoms with Gasteiger partial charge in [0.2, 0.25) is 5.91 Å². The Balaban J connectivity index is 1.85. The molecule has 1 fully saturated rings. The fourth-order valence-corrected chi connectivity index (χ4v) is 2.27. The van der Waals surface area contributed by atoms with Crippen LogP contribution in [-0.4, -0.2) is 50.6 Å². The highest BCUT2D eigenvalue weighted by Gasteiger charge is 2.08. The molecule has 0 spiro atoms. The van der Waals surface area contributed by atoms with Crippen LogP contribution in [0.5, 0.6) is 0 Å². The van der Waals surface area contributed by atoms with Gasteiger partial charge < -0.3 is 15.5 Å². The lowest BCUT2D eigenvalue weighted by Crippen LogP contribution is -2.33. The summed E-state index contributed by atoms with van der Waals surface area (Å²) in [5, 5.41) is 5.75. The van der Waals surface area contributed by atoms with E-state index in [0.29, 0.717) is 6.54 Å². The van der Waals surface area contributed by atoms with Crippen molar-refractivity contribution in [3.05, 3.63) is 0 Å². The minimum Gasteiger partial charge on any atom is -0.355 e. The van der Waals surface area contributed by atoms with Crippen LogP contribution in [-0.2, 0) is 4.79 Å². The van der Waals surface area contributed by atoms with Gasteiger partial charge in [0.15, 0.2) is 0 Å². The van der Waals surface area contributed by atoms with Crippen molar-refractivity contribution in [3.63, 3.8) is 0 Å². The Morgan fingerprint density at radius 1 is 1.12 bits per heavy atom. The van der Waals surface area contributed by atoms with E-state index in [2.05, 4.69) is 15.5 Å². The molecule has 4 heteroatoms. The maximum absolute atomic E-state index is 11.1. The van der Waals surface area contributed by atoms with Gasteiger partial charge in [0.25, 0.3) is 0 Å². The Kier molecular flexibility index (Phi) is 8.01. The van der Waals surface area contributed by atoms with Crippen LogP contribution in [0, 0.1) is 0 Å². The van der Waals surface area contributed by atoms with Crippen LogP contribution >= 0.6 is 0 Å². The highest BCUT2D eigenvalue weighted by atomic mass is 16.1. The molecule has 0 aliphatic carbocycles. The summed E-state index contributed by atoms with van der Waals surface area (Å²) in [6.07, 6.45) is 7.75. The molecule has 0 bridgehead atoms. The first kappa shape index (κ1) is 14.5. The van der Waals surface area contributed by atoms with E-state index >= 15 is 0 Å². The molecule has 2 N–H and O–H groups in total. The Labute approximate surface area is 105 Å². The molecule has 1 rings (SSSR count). The molecule has 1 aliphatic heterocycles. The molecule has 1 amide bonds. The Morgan fingerprint density at radius 3 is 2.59 bits per heavy atom. The summed E-state index contributed by atoms with van der Waals surface area (Å²) in [6.45, 7) is 5.07. The van der Waals surface area contributed by atoms with E-state index in [9.17, 15) is 4.79 Å². The van der Waals surface area contributed by atoms with Crippen molar-refractivity contribution in [2.75, 3.05) is 39.8 Å². The number of hydrogen-bond donors (Lipinski definition) is 2. The molecular formula is C13H27N3O. The number of carbonyl (C=O) groups excluding carboxylic acids is 1. The second kappa shape index (κ2) is 9.42. The summed E-state index contributed by atoms with van der Waals surface area (Å²) in [7, 11) is 1.79. The molecule has 4 nitrogen and oxygen atoms in total. The van der Waals surface area contributed by atoms with Crippen LogP contribution in [0.25, 0.3) is 0 Å². The molecule has 0 radical (unpaired) electrons. The standard InChI is InChI=1S/C13H27N3O/c1-14-12-13(17)15-8-4-2-5-9-16-10-6-3-7-11-16/h14H,2-12H2,1H3,(H,15,17). The highest BCUT2D eigenvalue weighted by molar-refractivity contribution is 5.77. The molecule has 1 heterocycles. The number of likely N-dealkylation sites (tertiary alicyclic amines) is 1. The average Bonchev–Trinajstić information content (AvgIpc) is 2.35. The number of unbranched alkanes of at least 4 members (excludes halogenated alkanes) is 2. The van der Waals surface area contributed by atoms with E-state index in [1.807, 2.05) is 0 Å². The van der Waals surface area contributed by atoms with Gasteiger partial charge in [-0.3, -0.25) is 4.79 Å². The third-order valence-electron chi connectivity index (χ3n) is 3.26. The molecule has 0 aromatic heterocycles. The lowest BCUT2D eigenvalue weighted by Gasteiger charge is -2.26. The van der Waals surface area contributed by atoms with Crippen LogP contribution in [0.3, 0.4) is 0 Å². The monoisotopic (exact) mass is 241 g/mol. The van der Waals surface area contributed by atoms with E-state index in [1.165, 1.54) is 51.7 Å². The fourth-order valence-electron chi connectivity index (χ4n) is 2.27. The lowest BCUT2D eigenvalue weighted by atomic mass is 10.1. The zero-order valence-electron chi connectivity index (χ0n) is 11.1. The van der Waals surface area contributed by atoms with E-state index in [4.69, 9.17) is 0 Å². The first-order valence-corrected chi connectivity index (χ1v) is 6.96. The molecule has 1 aliphatic rings. The molecule has 0 aromatic carbocycles. The number of nitrogens with zero attached hydrogens (tertiary/aromatic N) is 1. The first-order chi connectivity index (χ1) is 8.33. The van der Waals surface area contributed by atoms with Crippen molar-refractivity contribution in [2.24, 2.45) is 0 Å². The maximum atomic E-state index is 11.1. The molecular weight excluding hydrogens is 214 g/mol. The van der Waals surface area contributed by atoms with Crippen molar-refractivity contribution >= 4 is 5.91 Å². The molecule has 0 atom stereocenters. The molecule has 0 aromatic rings. The van der Waals surface area contributed by atoms with Gasteiger partial charge in [0.05, 0.1) is 6.54 Å². The number of rotatable bonds is 8. The number of likely N-dealkylation sites (N-methyl/N-ethyl adjacent to an activating group) is 1. The summed E-state index contributed by atoms with van der Waals surface area (Å²) in [4.78, 5) is 13.7. The molecule has 1 saturated heterocycles. The van der Waals surface area contributed by atoms with Crippen molar-refractivity contribution in [2.45, 2.75) is 38.5 Å². The van der Waals surface area contributed by atoms with Gasteiger partial charge in [-0.1, -0.05) is 12.8 Å². The van der Waals surface area contributed by atoms with Crippen LogP contribution in [0.4, 0.5) is 0 Å². The predicted molar refractivity (Wildman–Crippen MR) is 71.1 cm³/mol. The van der Waals surface area contributed by atoms with Crippen LogP contribution in [0.1, 0.15) is 38.5 Å². The largest absolute Gasteiger partial charge is 0.355 e. The quantitative estimate of drug-likeness (QED) is 0.623. The van der Waals surface area contributed by atoms with Gasteiger partial charge in [-0.2, -0.15) is 0 Å². The molecule has 100 valence electrons. The number of hydrogen-bond acceptors (Lipinski definition) is 3. The van der Waals surface area contributed by atoms with Gasteiger partial charge in [0, 0.05) is 6.54 Å². The normalized spacial score (nSPS) is 17.0. The maximum Gasteiger partial charge on any atom is 0.233 e. The third-order valence-corrected chi connectivity index (χ3v) is 3.26. The second-order valence-electron chi connectivity index (χ2n) is 4.84. The number of nitrogens with one attached hydrogen (secondary N) is 2. The van der Waals surface area contributed by atoms with Gasteiger partial charge >= 0.3 is 0 Å². The molecule has 17 heavy (non-hydrogen) atoms. The average molecular weight is 241 g/mol. The van der Waals surface area contributed by atoms with E-state index in [1.54, 1.807) is 7.05 Å². The summed E-state index contributed by atoms with van der Waals surface area (Å²) in [5.41, 5.74) is 0. The van der Waals surface area contributed by atoms with Gasteiger partial charge in [-0.25, -0.2) is 0 Å². The minimum atomic E-state index is 0.100. The van der Waals surface area contributed by atoms with Crippen LogP contribution < -0.4 is 10.6 Å². The van der Waals surface area contributed by atoms with E-state index in [0.717, 1.165) is 13.0 Å². The Hall–Kier alpha value is -0.610. The van der Waals surface area contributed by atoms with E-state index in [-0.39, 0.29) is 5.91 Å². The van der Waals surface area contributed by atoms with Crippen molar-refractivity contribution < 1.29 is 4.79 Å². The van der Waals surface area contributed by atoms with E-state index < -0.39 is 0 Å². The summed E-state index contributed by atoms with van der Waals surface area (Å²) >= 11 is 0. The zero-order valence-corrected chi connectivity index (χ0v) is 11.1. The van der Waals surface area contributed by atoms with Gasteiger partial charge in [0.1, 0.15) is 0 Å². The SMILES string of the molecule is CNCC(=O)NCCCCCN1CCCCC1. The smallest absolute Gasteiger partial charge is 0.233 e. The minimum absolute atomic E-state index is 0.100. The number of piperidine rings is 1. The Morgan fingerprint density at radius 2 is 1.88 bits per heavy atom. The summed E-state index contributed by atoms with van der Waals surface area (Å²) in [5.74, 6) is 0.100. The number of amides is 1. The molecule has 0 unspecified atom stereocenters.